The smallest absolute Gasteiger partial charge is 0.366 e. The van der Waals surface area contributed by atoms with Crippen molar-refractivity contribution in [3.8, 4) is 0 Å². The predicted molar refractivity (Wildman–Crippen MR) is 80.8 cm³/mol. The second kappa shape index (κ2) is 6.36. The molecule has 3 N–H and O–H groups in total. The first-order valence-electron chi connectivity index (χ1n) is 7.02. The van der Waals surface area contributed by atoms with Crippen molar-refractivity contribution >= 4 is 24.7 Å². The molecule has 0 saturated carbocycles. The van der Waals surface area contributed by atoms with E-state index in [9.17, 15) is 14.3 Å². The summed E-state index contributed by atoms with van der Waals surface area (Å²) in [4.78, 5) is 32.6. The zero-order chi connectivity index (χ0) is 17.3. The lowest BCUT2D eigenvalue weighted by Crippen LogP contribution is -2.16. The van der Waals surface area contributed by atoms with Crippen LogP contribution in [-0.4, -0.2) is 38.5 Å². The van der Waals surface area contributed by atoms with Crippen LogP contribution >= 0.6 is 7.75 Å². The number of hydrogen-bond donors (Lipinski definition) is 2. The average molecular weight is 355 g/mol. The summed E-state index contributed by atoms with van der Waals surface area (Å²) in [5.41, 5.74) is 6.53. The summed E-state index contributed by atoms with van der Waals surface area (Å²) in [5, 5.41) is 7.97. The Morgan fingerprint density at radius 1 is 1.54 bits per heavy atom. The molecule has 1 fully saturated rings. The Hall–Kier alpha value is -2.20. The molecule has 0 bridgehead atoms. The van der Waals surface area contributed by atoms with Gasteiger partial charge in [0.2, 0.25) is 0 Å². The lowest BCUT2D eigenvalue weighted by Gasteiger charge is -2.14. The molecule has 1 aromatic heterocycles. The van der Waals surface area contributed by atoms with E-state index in [4.69, 9.17) is 15.4 Å². The van der Waals surface area contributed by atoms with Crippen LogP contribution in [0.5, 0.6) is 0 Å². The van der Waals surface area contributed by atoms with Gasteiger partial charge in [0, 0.05) is 4.95 Å². The number of carbonyl (C=O) groups is 1. The van der Waals surface area contributed by atoms with Crippen molar-refractivity contribution in [2.75, 3.05) is 6.61 Å². The fraction of sp³-hybridized carbons (Fsp3) is 0.417. The fourth-order valence-electron chi connectivity index (χ4n) is 2.57. The quantitative estimate of drug-likeness (QED) is 0.575. The molecule has 0 spiro atoms. The van der Waals surface area contributed by atoms with Gasteiger partial charge in [0.1, 0.15) is 5.52 Å². The second-order valence-electron chi connectivity index (χ2n) is 5.23. The van der Waals surface area contributed by atoms with Crippen LogP contribution in [0.3, 0.4) is 0 Å². The fourth-order valence-corrected chi connectivity index (χ4v) is 2.97. The highest BCUT2D eigenvalue weighted by Crippen LogP contribution is 2.44. The summed E-state index contributed by atoms with van der Waals surface area (Å²) in [5.74, 6) is -0.605. The molecule has 12 heteroatoms. The Balaban J connectivity index is 1.76. The van der Waals surface area contributed by atoms with E-state index >= 15 is 0 Å². The van der Waals surface area contributed by atoms with E-state index in [2.05, 4.69) is 14.8 Å². The molecule has 1 aliphatic heterocycles. The van der Waals surface area contributed by atoms with Gasteiger partial charge in [0.15, 0.2) is 6.23 Å². The number of nitrogens with zero attached hydrogens (tertiary/aromatic N) is 4. The van der Waals surface area contributed by atoms with E-state index in [1.807, 2.05) is 4.95 Å². The number of fused-ring (bicyclic) bond motifs is 1. The third-order valence-electron chi connectivity index (χ3n) is 3.66. The molecule has 1 saturated heterocycles. The van der Waals surface area contributed by atoms with Gasteiger partial charge in [-0.15, -0.1) is 10.0 Å². The number of amides is 1. The van der Waals surface area contributed by atoms with E-state index in [0.717, 1.165) is 0 Å². The Labute approximate surface area is 135 Å². The van der Waals surface area contributed by atoms with Crippen molar-refractivity contribution in [3.63, 3.8) is 0 Å². The maximum Gasteiger partial charge on any atom is 0.487 e. The highest BCUT2D eigenvalue weighted by Gasteiger charge is 2.31. The zero-order valence-electron chi connectivity index (χ0n) is 12.3. The molecule has 1 aliphatic rings. The third-order valence-corrected chi connectivity index (χ3v) is 4.35. The van der Waals surface area contributed by atoms with E-state index in [1.54, 1.807) is 18.2 Å². The third kappa shape index (κ3) is 3.20. The van der Waals surface area contributed by atoms with Gasteiger partial charge < -0.3 is 15.4 Å². The zero-order valence-corrected chi connectivity index (χ0v) is 13.2. The predicted octanol–water partition coefficient (Wildman–Crippen LogP) is 1.09. The number of nitrogens with two attached hydrogens (primary N) is 1. The van der Waals surface area contributed by atoms with Crippen molar-refractivity contribution in [1.29, 1.82) is 0 Å². The Morgan fingerprint density at radius 3 is 3.04 bits per heavy atom. The number of hydrogen-bond acceptors (Lipinski definition) is 7. The van der Waals surface area contributed by atoms with Crippen molar-refractivity contribution in [3.05, 3.63) is 28.7 Å². The summed E-state index contributed by atoms with van der Waals surface area (Å²) in [6.07, 6.45) is 0.113. The van der Waals surface area contributed by atoms with Crippen LogP contribution in [-0.2, 0) is 13.8 Å². The number of ether oxygens (including phenoxy) is 1. The van der Waals surface area contributed by atoms with Gasteiger partial charge in [-0.3, -0.25) is 9.32 Å². The Morgan fingerprint density at radius 2 is 2.33 bits per heavy atom. The Kier molecular flexibility index (Phi) is 4.41. The van der Waals surface area contributed by atoms with E-state index < -0.39 is 26.0 Å². The maximum absolute atomic E-state index is 11.4. The monoisotopic (exact) mass is 355 g/mol. The van der Waals surface area contributed by atoms with Crippen LogP contribution in [0.15, 0.2) is 23.1 Å². The lowest BCUT2D eigenvalue weighted by molar-refractivity contribution is -0.0237. The lowest BCUT2D eigenvalue weighted by atomic mass is 10.1. The SMILES string of the molecule is NC(=O)c1cccc2c1nnn2[C@H]1CC[C@@H](COP(=O)(O)N=O)O1. The molecular formula is C12H14N5O6P. The van der Waals surface area contributed by atoms with Crippen molar-refractivity contribution < 1.29 is 23.5 Å². The first-order chi connectivity index (χ1) is 11.4. The van der Waals surface area contributed by atoms with E-state index in [0.29, 0.717) is 23.9 Å². The molecule has 1 amide bonds. The summed E-state index contributed by atoms with van der Waals surface area (Å²) >= 11 is 0. The number of rotatable bonds is 6. The second-order valence-corrected chi connectivity index (χ2v) is 6.63. The van der Waals surface area contributed by atoms with Gasteiger partial charge >= 0.3 is 7.75 Å². The highest BCUT2D eigenvalue weighted by atomic mass is 31.2. The molecule has 3 rings (SSSR count). The Bertz CT molecular complexity index is 838. The molecule has 1 unspecified atom stereocenters. The molecule has 2 heterocycles. The standard InChI is InChI=1S/C12H14N5O6P/c13-12(18)8-2-1-3-9-11(8)14-15-17(9)10-5-4-7(23-10)6-22-24(20,21)16-19/h1-3,7,10H,4-6H2,(H2,13,18)(H,20,21)/t7-,10+/m0/s1. The topological polar surface area (TPSA) is 159 Å². The number of primary amides is 1. The van der Waals surface area contributed by atoms with E-state index in [1.165, 1.54) is 4.68 Å². The molecule has 1 aromatic carbocycles. The van der Waals surface area contributed by atoms with Gasteiger partial charge in [0.05, 0.1) is 23.8 Å². The van der Waals surface area contributed by atoms with Gasteiger partial charge in [-0.2, -0.15) is 0 Å². The largest absolute Gasteiger partial charge is 0.487 e. The average Bonchev–Trinajstić information content (AvgIpc) is 3.18. The molecule has 0 aliphatic carbocycles. The van der Waals surface area contributed by atoms with Gasteiger partial charge in [-0.25, -0.2) is 9.25 Å². The highest BCUT2D eigenvalue weighted by molar-refractivity contribution is 7.51. The van der Waals surface area contributed by atoms with Crippen molar-refractivity contribution in [2.45, 2.75) is 25.2 Å². The normalized spacial score (nSPS) is 23.2. The van der Waals surface area contributed by atoms with Crippen LogP contribution in [0.25, 0.3) is 11.0 Å². The van der Waals surface area contributed by atoms with Gasteiger partial charge in [-0.1, -0.05) is 11.3 Å². The first kappa shape index (κ1) is 16.7. The maximum atomic E-state index is 11.4. The van der Waals surface area contributed by atoms with Crippen LogP contribution < -0.4 is 5.73 Å². The molecule has 11 nitrogen and oxygen atoms in total. The molecule has 3 atom stereocenters. The number of carbonyl (C=O) groups excluding carboxylic acids is 1. The molecular weight excluding hydrogens is 341 g/mol. The minimum Gasteiger partial charge on any atom is -0.366 e. The molecule has 128 valence electrons. The summed E-state index contributed by atoms with van der Waals surface area (Å²) in [6.45, 7) is -0.241. The molecule has 24 heavy (non-hydrogen) atoms. The summed E-state index contributed by atoms with van der Waals surface area (Å²) in [7, 11) is -4.46. The number of aromatic nitrogens is 3. The number of nitroso groups, excluding NO2 is 1. The van der Waals surface area contributed by atoms with Crippen molar-refractivity contribution in [2.24, 2.45) is 10.7 Å². The number of benzene rings is 1. The van der Waals surface area contributed by atoms with Crippen molar-refractivity contribution in [1.82, 2.24) is 15.0 Å². The van der Waals surface area contributed by atoms with Gasteiger partial charge in [-0.05, 0) is 25.0 Å². The van der Waals surface area contributed by atoms with Crippen LogP contribution in [0, 0.1) is 4.91 Å². The summed E-state index contributed by atoms with van der Waals surface area (Å²) in [6, 6.07) is 4.95. The van der Waals surface area contributed by atoms with Crippen LogP contribution in [0.1, 0.15) is 29.4 Å². The molecule has 0 radical (unpaired) electrons. The minimum atomic E-state index is -4.46. The van der Waals surface area contributed by atoms with E-state index in [-0.39, 0.29) is 12.2 Å². The summed E-state index contributed by atoms with van der Waals surface area (Å²) < 4.78 is 22.8. The van der Waals surface area contributed by atoms with Gasteiger partial charge in [0.25, 0.3) is 5.91 Å². The molecule has 2 aromatic rings. The minimum absolute atomic E-state index is 0.241. The van der Waals surface area contributed by atoms with Crippen LogP contribution in [0.2, 0.25) is 0 Å². The van der Waals surface area contributed by atoms with Crippen LogP contribution in [0.4, 0.5) is 0 Å². The first-order valence-corrected chi connectivity index (χ1v) is 8.56.